The molecule has 0 N–H and O–H groups in total. The van der Waals surface area contributed by atoms with Crippen LogP contribution in [0.3, 0.4) is 0 Å². The molecule has 6 heteroatoms. The van der Waals surface area contributed by atoms with Crippen molar-refractivity contribution in [3.05, 3.63) is 6.92 Å². The van der Waals surface area contributed by atoms with Crippen LogP contribution in [0.15, 0.2) is 0 Å². The van der Waals surface area contributed by atoms with E-state index in [0.29, 0.717) is 12.8 Å². The van der Waals surface area contributed by atoms with Crippen LogP contribution >= 0.6 is 0 Å². The average molecular weight is 363 g/mol. The molecule has 26 heavy (non-hydrogen) atoms. The summed E-state index contributed by atoms with van der Waals surface area (Å²) < 4.78 is 17.1. The minimum Gasteiger partial charge on any atom is -0.459 e. The highest BCUT2D eigenvalue weighted by molar-refractivity contribution is 5.86. The molecule has 6 atom stereocenters. The van der Waals surface area contributed by atoms with Crippen LogP contribution in [-0.4, -0.2) is 35.7 Å². The summed E-state index contributed by atoms with van der Waals surface area (Å²) in [4.78, 5) is 37.4. The standard InChI is InChI=1S/C20H27O6/c1-3-7-13(21)24-16-12-10-11-14(18(22)25-17(11)16)15(12)19(23)26-20(4-2)8-5-6-9-20/h11-12,14-17H,1,3-10H2,2H3. The summed E-state index contributed by atoms with van der Waals surface area (Å²) in [5.74, 6) is -2.19. The molecule has 4 rings (SSSR count). The van der Waals surface area contributed by atoms with Crippen molar-refractivity contribution in [2.75, 3.05) is 0 Å². The number of fused-ring (bicyclic) bond motifs is 1. The summed E-state index contributed by atoms with van der Waals surface area (Å²) in [6.45, 7) is 5.71. The third-order valence-electron chi connectivity index (χ3n) is 6.94. The fourth-order valence-corrected chi connectivity index (χ4v) is 5.65. The van der Waals surface area contributed by atoms with E-state index in [1.807, 2.05) is 6.92 Å². The minimum atomic E-state index is -0.548. The molecule has 3 saturated carbocycles. The van der Waals surface area contributed by atoms with Crippen LogP contribution in [-0.2, 0) is 28.6 Å². The largest absolute Gasteiger partial charge is 0.459 e. The first-order valence-electron chi connectivity index (χ1n) is 9.92. The van der Waals surface area contributed by atoms with Crippen LogP contribution < -0.4 is 0 Å². The molecule has 1 saturated heterocycles. The van der Waals surface area contributed by atoms with Crippen molar-refractivity contribution in [3.63, 3.8) is 0 Å². The molecule has 2 bridgehead atoms. The first-order chi connectivity index (χ1) is 12.5. The third kappa shape index (κ3) is 2.64. The number of esters is 3. The highest BCUT2D eigenvalue weighted by Gasteiger charge is 2.70. The number of carbonyl (C=O) groups excluding carboxylic acids is 3. The lowest BCUT2D eigenvalue weighted by Gasteiger charge is -2.34. The van der Waals surface area contributed by atoms with Crippen LogP contribution in [0, 0.1) is 30.6 Å². The van der Waals surface area contributed by atoms with Crippen molar-refractivity contribution in [1.29, 1.82) is 0 Å². The maximum atomic E-state index is 13.1. The van der Waals surface area contributed by atoms with E-state index >= 15 is 0 Å². The van der Waals surface area contributed by atoms with Gasteiger partial charge in [0, 0.05) is 18.3 Å². The van der Waals surface area contributed by atoms with Crippen LogP contribution in [0.2, 0.25) is 0 Å². The van der Waals surface area contributed by atoms with Crippen LogP contribution in [0.25, 0.3) is 0 Å². The summed E-state index contributed by atoms with van der Waals surface area (Å²) in [5.41, 5.74) is -0.388. The van der Waals surface area contributed by atoms with Gasteiger partial charge in [0.25, 0.3) is 0 Å². The zero-order chi connectivity index (χ0) is 18.5. The molecule has 4 fully saturated rings. The maximum absolute atomic E-state index is 13.1. The van der Waals surface area contributed by atoms with Gasteiger partial charge < -0.3 is 14.2 Å². The van der Waals surface area contributed by atoms with E-state index in [-0.39, 0.29) is 41.8 Å². The molecular formula is C20H27O6. The topological polar surface area (TPSA) is 78.9 Å². The van der Waals surface area contributed by atoms with Gasteiger partial charge in [-0.3, -0.25) is 14.4 Å². The first kappa shape index (κ1) is 17.8. The zero-order valence-corrected chi connectivity index (χ0v) is 15.3. The van der Waals surface area contributed by atoms with Gasteiger partial charge in [0.2, 0.25) is 0 Å². The number of hydrogen-bond acceptors (Lipinski definition) is 6. The highest BCUT2D eigenvalue weighted by atomic mass is 16.6. The molecule has 1 radical (unpaired) electrons. The van der Waals surface area contributed by atoms with Gasteiger partial charge in [-0.05, 0) is 44.9 Å². The molecule has 1 aliphatic heterocycles. The molecular weight excluding hydrogens is 336 g/mol. The third-order valence-corrected chi connectivity index (χ3v) is 6.94. The summed E-state index contributed by atoms with van der Waals surface area (Å²) >= 11 is 0. The van der Waals surface area contributed by atoms with Crippen LogP contribution in [0.1, 0.15) is 58.3 Å². The van der Waals surface area contributed by atoms with E-state index in [0.717, 1.165) is 32.1 Å². The van der Waals surface area contributed by atoms with E-state index in [4.69, 9.17) is 14.2 Å². The molecule has 4 aliphatic rings. The number of carbonyl (C=O) groups is 3. The van der Waals surface area contributed by atoms with Gasteiger partial charge in [0.15, 0.2) is 0 Å². The molecule has 3 aliphatic carbocycles. The summed E-state index contributed by atoms with van der Waals surface area (Å²) in [5, 5.41) is 0. The van der Waals surface area contributed by atoms with Gasteiger partial charge >= 0.3 is 17.9 Å². The van der Waals surface area contributed by atoms with E-state index in [1.54, 1.807) is 0 Å². The molecule has 0 aromatic carbocycles. The number of ether oxygens (including phenoxy) is 3. The lowest BCUT2D eigenvalue weighted by Crippen LogP contribution is -2.45. The molecule has 1 heterocycles. The second kappa shape index (κ2) is 6.54. The lowest BCUT2D eigenvalue weighted by atomic mass is 9.78. The summed E-state index contributed by atoms with van der Waals surface area (Å²) in [7, 11) is 0. The van der Waals surface area contributed by atoms with Crippen molar-refractivity contribution in [2.24, 2.45) is 23.7 Å². The van der Waals surface area contributed by atoms with E-state index in [9.17, 15) is 14.4 Å². The smallest absolute Gasteiger partial charge is 0.310 e. The molecule has 0 amide bonds. The second-order valence-corrected chi connectivity index (χ2v) is 8.24. The molecule has 6 unspecified atom stereocenters. The van der Waals surface area contributed by atoms with Gasteiger partial charge in [-0.1, -0.05) is 13.8 Å². The van der Waals surface area contributed by atoms with Crippen molar-refractivity contribution in [1.82, 2.24) is 0 Å². The highest BCUT2D eigenvalue weighted by Crippen LogP contribution is 2.59. The van der Waals surface area contributed by atoms with Crippen LogP contribution in [0.4, 0.5) is 0 Å². The lowest BCUT2D eigenvalue weighted by molar-refractivity contribution is -0.175. The van der Waals surface area contributed by atoms with Crippen molar-refractivity contribution in [3.8, 4) is 0 Å². The molecule has 0 aromatic rings. The normalized spacial score (nSPS) is 39.1. The van der Waals surface area contributed by atoms with E-state index in [1.165, 1.54) is 0 Å². The zero-order valence-electron chi connectivity index (χ0n) is 15.3. The fraction of sp³-hybridized carbons (Fsp3) is 0.800. The van der Waals surface area contributed by atoms with Gasteiger partial charge in [-0.2, -0.15) is 0 Å². The molecule has 143 valence electrons. The SMILES string of the molecule is [CH2]CCC(=O)OC1C2CC3C1OC(=O)C3C2C(=O)OC1(CC)CCCC1. The maximum Gasteiger partial charge on any atom is 0.310 e. The van der Waals surface area contributed by atoms with Gasteiger partial charge in [0.05, 0.1) is 11.8 Å². The average Bonchev–Trinajstić information content (AvgIpc) is 3.33. The van der Waals surface area contributed by atoms with Gasteiger partial charge in [0.1, 0.15) is 17.8 Å². The van der Waals surface area contributed by atoms with Crippen LogP contribution in [0.5, 0.6) is 0 Å². The number of rotatable bonds is 6. The quantitative estimate of drug-likeness (QED) is 0.533. The Morgan fingerprint density at radius 2 is 2.00 bits per heavy atom. The Morgan fingerprint density at radius 3 is 2.65 bits per heavy atom. The van der Waals surface area contributed by atoms with Gasteiger partial charge in [-0.15, -0.1) is 0 Å². The predicted molar refractivity (Wildman–Crippen MR) is 90.5 cm³/mol. The molecule has 0 aromatic heterocycles. The Balaban J connectivity index is 1.53. The fourth-order valence-electron chi connectivity index (χ4n) is 5.65. The van der Waals surface area contributed by atoms with Crippen molar-refractivity contribution >= 4 is 17.9 Å². The van der Waals surface area contributed by atoms with E-state index in [2.05, 4.69) is 6.92 Å². The van der Waals surface area contributed by atoms with Gasteiger partial charge in [-0.25, -0.2) is 0 Å². The Kier molecular flexibility index (Phi) is 4.48. The van der Waals surface area contributed by atoms with Crippen molar-refractivity contribution in [2.45, 2.75) is 76.1 Å². The molecule has 0 spiro atoms. The van der Waals surface area contributed by atoms with Crippen molar-refractivity contribution < 1.29 is 28.6 Å². The summed E-state index contributed by atoms with van der Waals surface area (Å²) in [6.07, 6.45) is 5.13. The Bertz CT molecular complexity index is 607. The Morgan fingerprint density at radius 1 is 1.27 bits per heavy atom. The Labute approximate surface area is 153 Å². The minimum absolute atomic E-state index is 0.0382. The first-order valence-corrected chi connectivity index (χ1v) is 9.92. The predicted octanol–water partition coefficient (Wildman–Crippen LogP) is 2.59. The number of hydrogen-bond donors (Lipinski definition) is 0. The monoisotopic (exact) mass is 363 g/mol. The molecule has 6 nitrogen and oxygen atoms in total. The Hall–Kier alpha value is -1.59. The van der Waals surface area contributed by atoms with E-state index < -0.39 is 24.0 Å². The second-order valence-electron chi connectivity index (χ2n) is 8.24. The summed E-state index contributed by atoms with van der Waals surface area (Å²) in [6, 6.07) is 0.